The van der Waals surface area contributed by atoms with E-state index in [4.69, 9.17) is 4.52 Å². The van der Waals surface area contributed by atoms with Crippen LogP contribution in [-0.2, 0) is 17.8 Å². The van der Waals surface area contributed by atoms with Gasteiger partial charge in [-0.1, -0.05) is 30.3 Å². The van der Waals surface area contributed by atoms with Crippen LogP contribution in [0.15, 0.2) is 34.9 Å². The lowest BCUT2D eigenvalue weighted by Gasteiger charge is -2.14. The SMILES string of the molecule is CCc1ccccc1NC(=O)C[C@@H](C)NCc1cc(C)on1. The number of nitrogens with one attached hydrogen (secondary N) is 2. The molecule has 1 aromatic carbocycles. The Morgan fingerprint density at radius 2 is 2.14 bits per heavy atom. The van der Waals surface area contributed by atoms with E-state index in [0.717, 1.165) is 29.1 Å². The van der Waals surface area contributed by atoms with Crippen LogP contribution in [0.3, 0.4) is 0 Å². The van der Waals surface area contributed by atoms with E-state index in [1.807, 2.05) is 44.2 Å². The summed E-state index contributed by atoms with van der Waals surface area (Å²) in [5.41, 5.74) is 2.89. The number of carbonyl (C=O) groups is 1. The van der Waals surface area contributed by atoms with Gasteiger partial charge < -0.3 is 15.2 Å². The van der Waals surface area contributed by atoms with E-state index in [9.17, 15) is 4.79 Å². The number of nitrogens with zero attached hydrogens (tertiary/aromatic N) is 1. The molecule has 0 spiro atoms. The Hall–Kier alpha value is -2.14. The molecule has 0 aliphatic rings. The van der Waals surface area contributed by atoms with Crippen molar-refractivity contribution >= 4 is 11.6 Å². The van der Waals surface area contributed by atoms with Crippen molar-refractivity contribution in [2.45, 2.75) is 46.2 Å². The maximum Gasteiger partial charge on any atom is 0.225 e. The number of amides is 1. The molecule has 5 nitrogen and oxygen atoms in total. The molecule has 118 valence electrons. The average molecular weight is 301 g/mol. The van der Waals surface area contributed by atoms with E-state index in [1.165, 1.54) is 0 Å². The Balaban J connectivity index is 1.81. The van der Waals surface area contributed by atoms with E-state index in [0.29, 0.717) is 13.0 Å². The van der Waals surface area contributed by atoms with E-state index < -0.39 is 0 Å². The Labute approximate surface area is 131 Å². The van der Waals surface area contributed by atoms with Crippen LogP contribution in [0, 0.1) is 6.92 Å². The Kier molecular flexibility index (Phi) is 5.72. The minimum absolute atomic E-state index is 0.0113. The van der Waals surface area contributed by atoms with Crippen LogP contribution in [-0.4, -0.2) is 17.1 Å². The Morgan fingerprint density at radius 1 is 1.36 bits per heavy atom. The van der Waals surface area contributed by atoms with Gasteiger partial charge in [-0.2, -0.15) is 0 Å². The van der Waals surface area contributed by atoms with Crippen molar-refractivity contribution in [1.82, 2.24) is 10.5 Å². The molecule has 0 saturated carbocycles. The average Bonchev–Trinajstić information content (AvgIpc) is 2.91. The first-order valence-corrected chi connectivity index (χ1v) is 7.61. The molecule has 5 heteroatoms. The molecule has 0 saturated heterocycles. The molecular formula is C17H23N3O2. The van der Waals surface area contributed by atoms with Crippen molar-refractivity contribution < 1.29 is 9.32 Å². The molecule has 22 heavy (non-hydrogen) atoms. The third-order valence-corrected chi connectivity index (χ3v) is 3.47. The summed E-state index contributed by atoms with van der Waals surface area (Å²) in [6, 6.07) is 9.84. The van der Waals surface area contributed by atoms with Crippen molar-refractivity contribution in [3.05, 3.63) is 47.3 Å². The van der Waals surface area contributed by atoms with Gasteiger partial charge in [0.1, 0.15) is 5.76 Å². The molecule has 0 unspecified atom stereocenters. The maximum atomic E-state index is 12.1. The van der Waals surface area contributed by atoms with E-state index >= 15 is 0 Å². The number of para-hydroxylation sites is 1. The van der Waals surface area contributed by atoms with Crippen molar-refractivity contribution in [2.75, 3.05) is 5.32 Å². The number of aromatic nitrogens is 1. The number of aryl methyl sites for hydroxylation is 2. The van der Waals surface area contributed by atoms with Crippen molar-refractivity contribution in [1.29, 1.82) is 0 Å². The summed E-state index contributed by atoms with van der Waals surface area (Å²) < 4.78 is 5.01. The highest BCUT2D eigenvalue weighted by atomic mass is 16.5. The normalized spacial score (nSPS) is 12.1. The molecule has 2 rings (SSSR count). The fourth-order valence-electron chi connectivity index (χ4n) is 2.28. The minimum atomic E-state index is 0.0113. The largest absolute Gasteiger partial charge is 0.361 e. The second kappa shape index (κ2) is 7.75. The van der Waals surface area contributed by atoms with Gasteiger partial charge in [-0.25, -0.2) is 0 Å². The van der Waals surface area contributed by atoms with E-state index in [2.05, 4.69) is 22.7 Å². The summed E-state index contributed by atoms with van der Waals surface area (Å²) in [5, 5.41) is 10.2. The summed E-state index contributed by atoms with van der Waals surface area (Å²) in [7, 11) is 0. The van der Waals surface area contributed by atoms with Gasteiger partial charge in [0.05, 0.1) is 5.69 Å². The summed E-state index contributed by atoms with van der Waals surface area (Å²) in [5.74, 6) is 0.801. The Morgan fingerprint density at radius 3 is 2.82 bits per heavy atom. The molecule has 1 atom stereocenters. The first-order valence-electron chi connectivity index (χ1n) is 7.61. The number of rotatable bonds is 7. The third-order valence-electron chi connectivity index (χ3n) is 3.47. The number of anilines is 1. The van der Waals surface area contributed by atoms with E-state index in [-0.39, 0.29) is 11.9 Å². The van der Waals surface area contributed by atoms with Gasteiger partial charge in [0.2, 0.25) is 5.91 Å². The quantitative estimate of drug-likeness (QED) is 0.825. The van der Waals surface area contributed by atoms with Crippen LogP contribution in [0.4, 0.5) is 5.69 Å². The van der Waals surface area contributed by atoms with Gasteiger partial charge >= 0.3 is 0 Å². The summed E-state index contributed by atoms with van der Waals surface area (Å²) in [4.78, 5) is 12.1. The van der Waals surface area contributed by atoms with Crippen LogP contribution in [0.1, 0.15) is 37.3 Å². The fourth-order valence-corrected chi connectivity index (χ4v) is 2.28. The summed E-state index contributed by atoms with van der Waals surface area (Å²) in [6.45, 7) is 6.52. The molecular weight excluding hydrogens is 278 g/mol. The minimum Gasteiger partial charge on any atom is -0.361 e. The highest BCUT2D eigenvalue weighted by Gasteiger charge is 2.11. The summed E-state index contributed by atoms with van der Waals surface area (Å²) >= 11 is 0. The van der Waals surface area contributed by atoms with Gasteiger partial charge in [0, 0.05) is 30.8 Å². The second-order valence-corrected chi connectivity index (χ2v) is 5.47. The molecule has 1 amide bonds. The zero-order valence-corrected chi connectivity index (χ0v) is 13.3. The van der Waals surface area contributed by atoms with E-state index in [1.54, 1.807) is 0 Å². The monoisotopic (exact) mass is 301 g/mol. The van der Waals surface area contributed by atoms with Crippen LogP contribution in [0.5, 0.6) is 0 Å². The zero-order valence-electron chi connectivity index (χ0n) is 13.3. The van der Waals surface area contributed by atoms with Gasteiger partial charge in [-0.15, -0.1) is 0 Å². The van der Waals surface area contributed by atoms with Gasteiger partial charge in [0.25, 0.3) is 0 Å². The predicted octanol–water partition coefficient (Wildman–Crippen LogP) is 3.05. The lowest BCUT2D eigenvalue weighted by molar-refractivity contribution is -0.116. The van der Waals surface area contributed by atoms with Gasteiger partial charge in [-0.3, -0.25) is 4.79 Å². The fraction of sp³-hybridized carbons (Fsp3) is 0.412. The van der Waals surface area contributed by atoms with Crippen molar-refractivity contribution in [2.24, 2.45) is 0 Å². The Bertz CT molecular complexity index is 622. The number of hydrogen-bond donors (Lipinski definition) is 2. The zero-order chi connectivity index (χ0) is 15.9. The van der Waals surface area contributed by atoms with Crippen molar-refractivity contribution in [3.8, 4) is 0 Å². The first kappa shape index (κ1) is 16.2. The number of benzene rings is 1. The van der Waals surface area contributed by atoms with Gasteiger partial charge in [-0.05, 0) is 31.9 Å². The van der Waals surface area contributed by atoms with Gasteiger partial charge in [0.15, 0.2) is 0 Å². The number of hydrogen-bond acceptors (Lipinski definition) is 4. The third kappa shape index (κ3) is 4.70. The second-order valence-electron chi connectivity index (χ2n) is 5.47. The molecule has 0 radical (unpaired) electrons. The smallest absolute Gasteiger partial charge is 0.225 e. The first-order chi connectivity index (χ1) is 10.6. The van der Waals surface area contributed by atoms with Crippen LogP contribution < -0.4 is 10.6 Å². The predicted molar refractivity (Wildman–Crippen MR) is 86.6 cm³/mol. The molecule has 0 aliphatic carbocycles. The molecule has 1 aromatic heterocycles. The molecule has 1 heterocycles. The lowest BCUT2D eigenvalue weighted by Crippen LogP contribution is -2.30. The van der Waals surface area contributed by atoms with Crippen molar-refractivity contribution in [3.63, 3.8) is 0 Å². The maximum absolute atomic E-state index is 12.1. The lowest BCUT2D eigenvalue weighted by atomic mass is 10.1. The van der Waals surface area contributed by atoms with Crippen LogP contribution in [0.25, 0.3) is 0 Å². The topological polar surface area (TPSA) is 67.2 Å². The highest BCUT2D eigenvalue weighted by molar-refractivity contribution is 5.91. The molecule has 2 aromatic rings. The molecule has 0 aliphatic heterocycles. The molecule has 0 fully saturated rings. The highest BCUT2D eigenvalue weighted by Crippen LogP contribution is 2.15. The standard InChI is InChI=1S/C17H23N3O2/c1-4-14-7-5-6-8-16(14)19-17(21)9-12(2)18-11-15-10-13(3)22-20-15/h5-8,10,12,18H,4,9,11H2,1-3H3,(H,19,21)/t12-/m1/s1. The summed E-state index contributed by atoms with van der Waals surface area (Å²) in [6.07, 6.45) is 1.31. The van der Waals surface area contributed by atoms with Crippen LogP contribution in [0.2, 0.25) is 0 Å². The van der Waals surface area contributed by atoms with Crippen LogP contribution >= 0.6 is 0 Å². The molecule has 0 bridgehead atoms. The molecule has 2 N–H and O–H groups in total. The number of carbonyl (C=O) groups excluding carboxylic acids is 1.